The van der Waals surface area contributed by atoms with Crippen LogP contribution < -0.4 is 5.32 Å². The number of anilines is 2. The van der Waals surface area contributed by atoms with Crippen molar-refractivity contribution in [3.05, 3.63) is 41.5 Å². The minimum Gasteiger partial charge on any atom is -0.476 e. The van der Waals surface area contributed by atoms with Crippen LogP contribution in [0.15, 0.2) is 28.9 Å². The smallest absolute Gasteiger partial charge is 0.357 e. The van der Waals surface area contributed by atoms with E-state index in [1.54, 1.807) is 6.07 Å². The van der Waals surface area contributed by atoms with Gasteiger partial charge in [0.2, 0.25) is 0 Å². The van der Waals surface area contributed by atoms with Crippen molar-refractivity contribution in [2.75, 3.05) is 5.32 Å². The molecule has 0 unspecified atom stereocenters. The summed E-state index contributed by atoms with van der Waals surface area (Å²) in [5.74, 6) is -1.93. The second-order valence-electron chi connectivity index (χ2n) is 3.24. The molecule has 0 aliphatic heterocycles. The van der Waals surface area contributed by atoms with Crippen molar-refractivity contribution in [1.82, 2.24) is 4.98 Å². The number of nitrogens with one attached hydrogen (secondary N) is 1. The molecular weight excluding hydrogens is 241 g/mol. The van der Waals surface area contributed by atoms with Gasteiger partial charge in [-0.15, -0.1) is 0 Å². The summed E-state index contributed by atoms with van der Waals surface area (Å²) in [5, 5.41) is 20.0. The van der Waals surface area contributed by atoms with Gasteiger partial charge in [-0.25, -0.2) is 9.18 Å². The first kappa shape index (κ1) is 11.6. The molecule has 0 atom stereocenters. The van der Waals surface area contributed by atoms with E-state index in [-0.39, 0.29) is 23.0 Å². The van der Waals surface area contributed by atoms with Gasteiger partial charge in [-0.1, -0.05) is 6.07 Å². The van der Waals surface area contributed by atoms with Crippen molar-refractivity contribution < 1.29 is 18.7 Å². The summed E-state index contributed by atoms with van der Waals surface area (Å²) in [4.78, 5) is 14.2. The average molecular weight is 247 g/mol. The van der Waals surface area contributed by atoms with Crippen LogP contribution in [0, 0.1) is 17.1 Å². The molecule has 0 amide bonds. The van der Waals surface area contributed by atoms with Crippen LogP contribution in [0.1, 0.15) is 16.1 Å². The maximum atomic E-state index is 13.3. The number of carbonyl (C=O) groups is 1. The molecule has 0 aliphatic rings. The lowest BCUT2D eigenvalue weighted by Gasteiger charge is -2.03. The van der Waals surface area contributed by atoms with Crippen molar-refractivity contribution in [1.29, 1.82) is 5.26 Å². The Morgan fingerprint density at radius 2 is 2.33 bits per heavy atom. The number of carboxylic acids is 1. The zero-order chi connectivity index (χ0) is 13.1. The molecule has 0 fully saturated rings. The number of rotatable bonds is 3. The number of benzene rings is 1. The molecule has 0 aliphatic carbocycles. The first-order chi connectivity index (χ1) is 8.61. The van der Waals surface area contributed by atoms with Gasteiger partial charge in [-0.2, -0.15) is 10.2 Å². The van der Waals surface area contributed by atoms with Crippen LogP contribution in [0.25, 0.3) is 0 Å². The summed E-state index contributed by atoms with van der Waals surface area (Å²) in [6.07, 6.45) is 0.940. The van der Waals surface area contributed by atoms with E-state index in [0.717, 1.165) is 12.3 Å². The lowest BCUT2D eigenvalue weighted by atomic mass is 10.2. The number of aromatic carboxylic acids is 1. The molecule has 1 aromatic heterocycles. The number of nitriles is 1. The fourth-order valence-electron chi connectivity index (χ4n) is 1.29. The van der Waals surface area contributed by atoms with Gasteiger partial charge in [-0.05, 0) is 12.1 Å². The minimum atomic E-state index is -1.24. The van der Waals surface area contributed by atoms with Gasteiger partial charge in [0, 0.05) is 0 Å². The van der Waals surface area contributed by atoms with Crippen LogP contribution in [0.2, 0.25) is 0 Å². The van der Waals surface area contributed by atoms with Crippen molar-refractivity contribution in [3.8, 4) is 6.07 Å². The predicted octanol–water partition coefficient (Wildman–Crippen LogP) is 2.13. The van der Waals surface area contributed by atoms with E-state index in [4.69, 9.17) is 14.8 Å². The molecule has 0 saturated carbocycles. The molecule has 1 heterocycles. The summed E-state index contributed by atoms with van der Waals surface area (Å²) in [5.41, 5.74) is -0.337. The second kappa shape index (κ2) is 4.55. The first-order valence-electron chi connectivity index (χ1n) is 4.76. The lowest BCUT2D eigenvalue weighted by Crippen LogP contribution is -1.99. The highest BCUT2D eigenvalue weighted by Crippen LogP contribution is 2.22. The van der Waals surface area contributed by atoms with Crippen molar-refractivity contribution >= 4 is 17.7 Å². The van der Waals surface area contributed by atoms with Crippen molar-refractivity contribution in [3.63, 3.8) is 0 Å². The SMILES string of the molecule is N#Cc1c(F)cccc1Nc1nc(C(=O)O)co1. The van der Waals surface area contributed by atoms with Crippen molar-refractivity contribution in [2.45, 2.75) is 0 Å². The highest BCUT2D eigenvalue weighted by atomic mass is 19.1. The minimum absolute atomic E-state index is 0.130. The normalized spacial score (nSPS) is 9.78. The van der Waals surface area contributed by atoms with Gasteiger partial charge >= 0.3 is 5.97 Å². The van der Waals surface area contributed by atoms with Crippen LogP contribution in [-0.2, 0) is 0 Å². The third kappa shape index (κ3) is 2.12. The van der Waals surface area contributed by atoms with Gasteiger partial charge in [-0.3, -0.25) is 0 Å². The third-order valence-corrected chi connectivity index (χ3v) is 2.09. The maximum absolute atomic E-state index is 13.3. The molecule has 2 N–H and O–H groups in total. The van der Waals surface area contributed by atoms with E-state index in [2.05, 4.69) is 10.3 Å². The van der Waals surface area contributed by atoms with E-state index < -0.39 is 11.8 Å². The molecule has 1 aromatic carbocycles. The second-order valence-corrected chi connectivity index (χ2v) is 3.24. The number of hydrogen-bond donors (Lipinski definition) is 2. The molecule has 90 valence electrons. The molecule has 0 bridgehead atoms. The Hall–Kier alpha value is -2.88. The van der Waals surface area contributed by atoms with E-state index in [0.29, 0.717) is 0 Å². The van der Waals surface area contributed by atoms with Crippen LogP contribution in [0.3, 0.4) is 0 Å². The van der Waals surface area contributed by atoms with E-state index in [1.807, 2.05) is 0 Å². The van der Waals surface area contributed by atoms with Gasteiger partial charge < -0.3 is 14.8 Å². The summed E-state index contributed by atoms with van der Waals surface area (Å²) in [7, 11) is 0. The number of aromatic nitrogens is 1. The number of nitrogens with zero attached hydrogens (tertiary/aromatic N) is 2. The first-order valence-corrected chi connectivity index (χ1v) is 4.76. The number of oxazole rings is 1. The van der Waals surface area contributed by atoms with Gasteiger partial charge in [0.25, 0.3) is 6.01 Å². The molecule has 18 heavy (non-hydrogen) atoms. The quantitative estimate of drug-likeness (QED) is 0.861. The molecule has 0 saturated heterocycles. The monoisotopic (exact) mass is 247 g/mol. The largest absolute Gasteiger partial charge is 0.476 e. The van der Waals surface area contributed by atoms with Gasteiger partial charge in [0.05, 0.1) is 5.69 Å². The van der Waals surface area contributed by atoms with Crippen molar-refractivity contribution in [2.24, 2.45) is 0 Å². The molecular formula is C11H6FN3O3. The molecule has 6 nitrogen and oxygen atoms in total. The third-order valence-electron chi connectivity index (χ3n) is 2.09. The Balaban J connectivity index is 2.31. The summed E-state index contributed by atoms with van der Waals surface area (Å²) < 4.78 is 18.1. The zero-order valence-electron chi connectivity index (χ0n) is 8.85. The van der Waals surface area contributed by atoms with Crippen LogP contribution in [0.5, 0.6) is 0 Å². The standard InChI is InChI=1S/C11H6FN3O3/c12-7-2-1-3-8(6(7)4-13)14-11-15-9(5-18-11)10(16)17/h1-3,5H,(H,14,15)(H,16,17). The molecule has 2 rings (SSSR count). The topological polar surface area (TPSA) is 99.2 Å². The Bertz CT molecular complexity index is 645. The molecule has 0 radical (unpaired) electrons. The molecule has 2 aromatic rings. The summed E-state index contributed by atoms with van der Waals surface area (Å²) in [6, 6.07) is 5.55. The Morgan fingerprint density at radius 3 is 2.94 bits per heavy atom. The average Bonchev–Trinajstić information content (AvgIpc) is 2.78. The lowest BCUT2D eigenvalue weighted by molar-refractivity contribution is 0.0690. The van der Waals surface area contributed by atoms with E-state index in [9.17, 15) is 9.18 Å². The van der Waals surface area contributed by atoms with Crippen LogP contribution in [0.4, 0.5) is 16.1 Å². The Morgan fingerprint density at radius 1 is 1.56 bits per heavy atom. The number of carboxylic acid groups (broad SMARTS) is 1. The highest BCUT2D eigenvalue weighted by Gasteiger charge is 2.13. The number of halogens is 1. The molecule has 0 spiro atoms. The summed E-state index contributed by atoms with van der Waals surface area (Å²) >= 11 is 0. The highest BCUT2D eigenvalue weighted by molar-refractivity contribution is 5.85. The Kier molecular flexibility index (Phi) is 2.93. The molecule has 7 heteroatoms. The fraction of sp³-hybridized carbons (Fsp3) is 0. The Labute approximate surface area is 100 Å². The van der Waals surface area contributed by atoms with Gasteiger partial charge in [0.15, 0.2) is 5.69 Å². The van der Waals surface area contributed by atoms with Crippen LogP contribution >= 0.6 is 0 Å². The van der Waals surface area contributed by atoms with Gasteiger partial charge in [0.1, 0.15) is 23.7 Å². The fourth-order valence-corrected chi connectivity index (χ4v) is 1.29. The van der Waals surface area contributed by atoms with Crippen LogP contribution in [-0.4, -0.2) is 16.1 Å². The van der Waals surface area contributed by atoms with E-state index >= 15 is 0 Å². The maximum Gasteiger partial charge on any atom is 0.357 e. The zero-order valence-corrected chi connectivity index (χ0v) is 8.85. The number of hydrogen-bond acceptors (Lipinski definition) is 5. The summed E-state index contributed by atoms with van der Waals surface area (Å²) in [6.45, 7) is 0. The predicted molar refractivity (Wildman–Crippen MR) is 57.9 cm³/mol. The van der Waals surface area contributed by atoms with E-state index in [1.165, 1.54) is 12.1 Å².